The van der Waals surface area contributed by atoms with Crippen molar-refractivity contribution >= 4 is 39.9 Å². The number of aliphatic hydroxyl groups excluding tert-OH is 1. The molecule has 1 aromatic heterocycles. The van der Waals surface area contributed by atoms with E-state index in [1.165, 1.54) is 0 Å². The summed E-state index contributed by atoms with van der Waals surface area (Å²) in [6, 6.07) is 20.7. The van der Waals surface area contributed by atoms with Gasteiger partial charge in [0.2, 0.25) is 5.62 Å². The lowest BCUT2D eigenvalue weighted by molar-refractivity contribution is -0.659. The van der Waals surface area contributed by atoms with Gasteiger partial charge in [-0.1, -0.05) is 46.9 Å². The number of nitrogens with zero attached hydrogens (tertiary/aromatic N) is 3. The zero-order chi connectivity index (χ0) is 24.5. The molecule has 5 rings (SSSR count). The Morgan fingerprint density at radius 2 is 1.71 bits per heavy atom. The lowest BCUT2D eigenvalue weighted by Crippen LogP contribution is -2.91. The minimum absolute atomic E-state index is 0.212. The summed E-state index contributed by atoms with van der Waals surface area (Å²) in [6.45, 7) is 0.707. The van der Waals surface area contributed by atoms with Crippen molar-refractivity contribution in [3.63, 3.8) is 0 Å². The van der Waals surface area contributed by atoms with Crippen LogP contribution < -0.4 is 26.3 Å². The first kappa shape index (κ1) is 23.5. The van der Waals surface area contributed by atoms with Crippen LogP contribution in [0.25, 0.3) is 11.0 Å². The van der Waals surface area contributed by atoms with Gasteiger partial charge in [-0.2, -0.15) is 0 Å². The van der Waals surface area contributed by atoms with Crippen molar-refractivity contribution < 1.29 is 15.3 Å². The minimum atomic E-state index is -0.845. The molecule has 35 heavy (non-hydrogen) atoms. The van der Waals surface area contributed by atoms with Crippen molar-refractivity contribution in [3.05, 3.63) is 99.9 Å². The number of fused-ring (bicyclic) bond motifs is 1. The number of aromatic nitrogens is 2. The quantitative estimate of drug-likeness (QED) is 0.286. The molecule has 5 N–H and O–H groups in total. The second-order valence-electron chi connectivity index (χ2n) is 8.24. The highest BCUT2D eigenvalue weighted by molar-refractivity contribution is 6.42. The summed E-state index contributed by atoms with van der Waals surface area (Å²) in [5, 5.41) is 22.6. The molecule has 4 aromatic rings. The molecule has 0 bridgehead atoms. The van der Waals surface area contributed by atoms with E-state index in [1.807, 2.05) is 74.3 Å². The maximum absolute atomic E-state index is 10.9. The first-order valence-electron chi connectivity index (χ1n) is 11.0. The van der Waals surface area contributed by atoms with E-state index in [0.29, 0.717) is 27.8 Å². The number of aliphatic hydroxyl groups is 1. The van der Waals surface area contributed by atoms with Gasteiger partial charge in [-0.3, -0.25) is 5.41 Å². The van der Waals surface area contributed by atoms with Gasteiger partial charge in [0.15, 0.2) is 5.70 Å². The van der Waals surface area contributed by atoms with Crippen LogP contribution in [0.5, 0.6) is 5.75 Å². The molecule has 0 amide bonds. The number of quaternary nitrogens is 1. The van der Waals surface area contributed by atoms with Crippen molar-refractivity contribution in [2.45, 2.75) is 19.2 Å². The standard InChI is InChI=1S/C25H24Cl2N6O2/c1-35-19-9-7-18(8-10-19)33-14-17(29-30-33)13-31-22-4-2-3-5-23(22)32(25(31)28)15-24(34)16-6-11-20(26)21(27)12-16/h2-12,14,24,28-30,34H,13,15H2,1H3/p+1. The summed E-state index contributed by atoms with van der Waals surface area (Å²) in [5.41, 5.74) is 9.88. The molecule has 0 saturated heterocycles. The van der Waals surface area contributed by atoms with Crippen LogP contribution in [-0.4, -0.2) is 21.4 Å². The summed E-state index contributed by atoms with van der Waals surface area (Å²) in [7, 11) is 1.64. The molecule has 10 heteroatoms. The van der Waals surface area contributed by atoms with Crippen LogP contribution in [0.4, 0.5) is 5.69 Å². The zero-order valence-electron chi connectivity index (χ0n) is 19.0. The average molecular weight is 512 g/mol. The normalized spacial score (nSPS) is 14.4. The van der Waals surface area contributed by atoms with E-state index in [4.69, 9.17) is 33.3 Å². The van der Waals surface area contributed by atoms with Gasteiger partial charge in [0, 0.05) is 0 Å². The van der Waals surface area contributed by atoms with Crippen LogP contribution in [0, 0.1) is 5.41 Å². The molecule has 1 aliphatic rings. The van der Waals surface area contributed by atoms with Gasteiger partial charge in [-0.05, 0) is 54.1 Å². The Morgan fingerprint density at radius 1 is 1.00 bits per heavy atom. The maximum atomic E-state index is 10.9. The minimum Gasteiger partial charge on any atom is -0.497 e. The molecule has 8 nitrogen and oxygen atoms in total. The zero-order valence-corrected chi connectivity index (χ0v) is 20.5. The average Bonchev–Trinajstić information content (AvgIpc) is 3.45. The summed E-state index contributed by atoms with van der Waals surface area (Å²) < 4.78 is 8.98. The lowest BCUT2D eigenvalue weighted by Gasteiger charge is -2.13. The number of hydrogen-bond donors (Lipinski definition) is 4. The van der Waals surface area contributed by atoms with Crippen LogP contribution in [0.1, 0.15) is 11.7 Å². The number of para-hydroxylation sites is 2. The van der Waals surface area contributed by atoms with Gasteiger partial charge in [0.1, 0.15) is 12.3 Å². The summed E-state index contributed by atoms with van der Waals surface area (Å²) in [6.07, 6.45) is 1.16. The molecule has 0 aliphatic carbocycles. The molecule has 0 saturated carbocycles. The van der Waals surface area contributed by atoms with Gasteiger partial charge < -0.3 is 19.0 Å². The van der Waals surface area contributed by atoms with E-state index < -0.39 is 6.10 Å². The predicted molar refractivity (Wildman–Crippen MR) is 136 cm³/mol. The third kappa shape index (κ3) is 4.67. The van der Waals surface area contributed by atoms with Gasteiger partial charge in [0.05, 0.1) is 52.7 Å². The third-order valence-electron chi connectivity index (χ3n) is 6.03. The molecule has 2 heterocycles. The van der Waals surface area contributed by atoms with Gasteiger partial charge >= 0.3 is 0 Å². The van der Waals surface area contributed by atoms with Crippen LogP contribution in [0.15, 0.2) is 78.6 Å². The third-order valence-corrected chi connectivity index (χ3v) is 6.77. The van der Waals surface area contributed by atoms with E-state index in [2.05, 4.69) is 5.53 Å². The number of rotatable bonds is 7. The van der Waals surface area contributed by atoms with Crippen LogP contribution in [-0.2, 0) is 13.1 Å². The Labute approximate surface area is 212 Å². The summed E-state index contributed by atoms with van der Waals surface area (Å²) in [5.74, 6) is 0.798. The Kier molecular flexibility index (Phi) is 6.55. The van der Waals surface area contributed by atoms with Crippen LogP contribution >= 0.6 is 23.2 Å². The molecule has 1 unspecified atom stereocenters. The van der Waals surface area contributed by atoms with Crippen LogP contribution in [0.2, 0.25) is 10.0 Å². The highest BCUT2D eigenvalue weighted by atomic mass is 35.5. The molecular formula is C25H25Cl2N6O2+. The highest BCUT2D eigenvalue weighted by Gasteiger charge is 2.21. The fourth-order valence-electron chi connectivity index (χ4n) is 4.19. The number of ether oxygens (including phenoxy) is 1. The number of benzene rings is 3. The Bertz CT molecular complexity index is 1460. The Morgan fingerprint density at radius 3 is 2.40 bits per heavy atom. The van der Waals surface area contributed by atoms with Crippen molar-refractivity contribution in [1.82, 2.24) is 14.7 Å². The first-order chi connectivity index (χ1) is 16.9. The monoisotopic (exact) mass is 511 g/mol. The molecule has 0 spiro atoms. The lowest BCUT2D eigenvalue weighted by atomic mass is 10.1. The molecule has 3 aromatic carbocycles. The van der Waals surface area contributed by atoms with E-state index in [9.17, 15) is 5.11 Å². The Balaban J connectivity index is 1.43. The highest BCUT2D eigenvalue weighted by Crippen LogP contribution is 2.27. The topological polar surface area (TPSA) is 95.0 Å². The molecule has 1 atom stereocenters. The molecule has 1 aliphatic heterocycles. The maximum Gasteiger partial charge on any atom is 0.203 e. The Hall–Kier alpha value is -3.27. The number of imidazole rings is 1. The second-order valence-corrected chi connectivity index (χ2v) is 9.06. The molecule has 0 fully saturated rings. The number of nitrogens with two attached hydrogens (primary N) is 1. The molecule has 0 radical (unpaired) electrons. The summed E-state index contributed by atoms with van der Waals surface area (Å²) >= 11 is 12.2. The van der Waals surface area contributed by atoms with Gasteiger partial charge in [-0.25, -0.2) is 10.4 Å². The van der Waals surface area contributed by atoms with Crippen molar-refractivity contribution in [1.29, 1.82) is 5.41 Å². The van der Waals surface area contributed by atoms with Crippen molar-refractivity contribution in [3.8, 4) is 5.75 Å². The fraction of sp³-hybridized carbons (Fsp3) is 0.160. The SMILES string of the molecule is COc1ccc(N2C=C(Cn3c(=N)n(CC(O)c4ccc(Cl)c(Cl)c4)c4ccccc43)[NH2+]N2)cc1. The van der Waals surface area contributed by atoms with E-state index in [1.54, 1.807) is 25.3 Å². The molecule has 180 valence electrons. The number of anilines is 1. The number of allylic oxidation sites excluding steroid dienone is 1. The van der Waals surface area contributed by atoms with E-state index >= 15 is 0 Å². The fourth-order valence-corrected chi connectivity index (χ4v) is 4.50. The van der Waals surface area contributed by atoms with Crippen molar-refractivity contribution in [2.24, 2.45) is 0 Å². The summed E-state index contributed by atoms with van der Waals surface area (Å²) in [4.78, 5) is 0. The van der Waals surface area contributed by atoms with E-state index in [0.717, 1.165) is 28.2 Å². The number of halogens is 2. The smallest absolute Gasteiger partial charge is 0.203 e. The first-order valence-corrected chi connectivity index (χ1v) is 11.8. The number of hydrazine groups is 1. The van der Waals surface area contributed by atoms with Gasteiger partial charge in [0.25, 0.3) is 0 Å². The van der Waals surface area contributed by atoms with E-state index in [-0.39, 0.29) is 6.54 Å². The largest absolute Gasteiger partial charge is 0.497 e. The predicted octanol–water partition coefficient (Wildman–Crippen LogP) is 3.32. The van der Waals surface area contributed by atoms with Gasteiger partial charge in [-0.15, -0.1) is 0 Å². The number of hydrogen-bond acceptors (Lipinski definition) is 5. The number of nitrogens with one attached hydrogen (secondary N) is 2. The van der Waals surface area contributed by atoms with Crippen molar-refractivity contribution in [2.75, 3.05) is 12.1 Å². The number of methoxy groups -OCH3 is 1. The second kappa shape index (κ2) is 9.77. The van der Waals surface area contributed by atoms with Crippen LogP contribution in [0.3, 0.4) is 0 Å². The molecular weight excluding hydrogens is 487 g/mol.